The summed E-state index contributed by atoms with van der Waals surface area (Å²) < 4.78 is 12.7. The van der Waals surface area contributed by atoms with Gasteiger partial charge in [-0.05, 0) is 50.2 Å². The SMILES string of the molecule is O=C(CCN1CCCCC1)c1ccc(F)cc1. The number of carbonyl (C=O) groups excluding carboxylic acids is 1. The molecule has 0 bridgehead atoms. The van der Waals surface area contributed by atoms with Crippen LogP contribution in [0.25, 0.3) is 0 Å². The molecular formula is C14H18FNO. The Morgan fingerprint density at radius 2 is 1.76 bits per heavy atom. The first kappa shape index (κ1) is 12.2. The number of carbonyl (C=O) groups is 1. The first-order chi connectivity index (χ1) is 8.25. The molecule has 1 saturated heterocycles. The molecule has 0 atom stereocenters. The lowest BCUT2D eigenvalue weighted by molar-refractivity contribution is 0.0958. The number of hydrogen-bond donors (Lipinski definition) is 0. The molecule has 2 rings (SSSR count). The van der Waals surface area contributed by atoms with Crippen LogP contribution in [0.15, 0.2) is 24.3 Å². The molecule has 0 spiro atoms. The number of ketones is 1. The Bertz CT molecular complexity index is 368. The zero-order valence-electron chi connectivity index (χ0n) is 9.99. The molecule has 0 amide bonds. The Morgan fingerprint density at radius 3 is 2.41 bits per heavy atom. The van der Waals surface area contributed by atoms with Crippen molar-refractivity contribution in [1.29, 1.82) is 0 Å². The standard InChI is InChI=1S/C14H18FNO/c15-13-6-4-12(5-7-13)14(17)8-11-16-9-2-1-3-10-16/h4-7H,1-3,8-11H2. The second-order valence-corrected chi connectivity index (χ2v) is 4.58. The summed E-state index contributed by atoms with van der Waals surface area (Å²) in [7, 11) is 0. The van der Waals surface area contributed by atoms with Crippen LogP contribution in [0.1, 0.15) is 36.0 Å². The van der Waals surface area contributed by atoms with Crippen molar-refractivity contribution in [3.63, 3.8) is 0 Å². The lowest BCUT2D eigenvalue weighted by atomic mass is 10.1. The Labute approximate surface area is 101 Å². The van der Waals surface area contributed by atoms with E-state index in [2.05, 4.69) is 4.90 Å². The Balaban J connectivity index is 1.82. The third kappa shape index (κ3) is 3.63. The molecule has 1 heterocycles. The van der Waals surface area contributed by atoms with Crippen LogP contribution in [-0.4, -0.2) is 30.3 Å². The summed E-state index contributed by atoms with van der Waals surface area (Å²) in [6.45, 7) is 3.05. The number of halogens is 1. The zero-order chi connectivity index (χ0) is 12.1. The number of benzene rings is 1. The van der Waals surface area contributed by atoms with Gasteiger partial charge >= 0.3 is 0 Å². The van der Waals surface area contributed by atoms with Crippen molar-refractivity contribution in [2.45, 2.75) is 25.7 Å². The lowest BCUT2D eigenvalue weighted by Crippen LogP contribution is -2.31. The van der Waals surface area contributed by atoms with Crippen molar-refractivity contribution < 1.29 is 9.18 Å². The highest BCUT2D eigenvalue weighted by molar-refractivity contribution is 5.96. The maximum absolute atomic E-state index is 12.7. The number of likely N-dealkylation sites (tertiary alicyclic amines) is 1. The molecule has 0 unspecified atom stereocenters. The zero-order valence-corrected chi connectivity index (χ0v) is 9.99. The Hall–Kier alpha value is -1.22. The largest absolute Gasteiger partial charge is 0.303 e. The van der Waals surface area contributed by atoms with Gasteiger partial charge in [0.15, 0.2) is 5.78 Å². The average molecular weight is 235 g/mol. The summed E-state index contributed by atoms with van der Waals surface area (Å²) >= 11 is 0. The molecule has 1 aromatic carbocycles. The van der Waals surface area contributed by atoms with Crippen molar-refractivity contribution in [3.05, 3.63) is 35.6 Å². The molecule has 0 saturated carbocycles. The first-order valence-corrected chi connectivity index (χ1v) is 6.27. The van der Waals surface area contributed by atoms with E-state index in [1.165, 1.54) is 31.4 Å². The second-order valence-electron chi connectivity index (χ2n) is 4.58. The van der Waals surface area contributed by atoms with E-state index < -0.39 is 0 Å². The molecule has 1 fully saturated rings. The highest BCUT2D eigenvalue weighted by atomic mass is 19.1. The lowest BCUT2D eigenvalue weighted by Gasteiger charge is -2.25. The van der Waals surface area contributed by atoms with Crippen molar-refractivity contribution in [2.24, 2.45) is 0 Å². The Morgan fingerprint density at radius 1 is 1.12 bits per heavy atom. The first-order valence-electron chi connectivity index (χ1n) is 6.27. The number of nitrogens with zero attached hydrogens (tertiary/aromatic N) is 1. The van der Waals surface area contributed by atoms with Gasteiger partial charge in [-0.25, -0.2) is 4.39 Å². The number of hydrogen-bond acceptors (Lipinski definition) is 2. The minimum Gasteiger partial charge on any atom is -0.303 e. The van der Waals surface area contributed by atoms with Crippen molar-refractivity contribution in [2.75, 3.05) is 19.6 Å². The maximum atomic E-state index is 12.7. The van der Waals surface area contributed by atoms with E-state index in [0.29, 0.717) is 12.0 Å². The van der Waals surface area contributed by atoms with E-state index >= 15 is 0 Å². The minimum atomic E-state index is -0.294. The fraction of sp³-hybridized carbons (Fsp3) is 0.500. The van der Waals surface area contributed by atoms with E-state index in [0.717, 1.165) is 19.6 Å². The van der Waals surface area contributed by atoms with E-state index in [9.17, 15) is 9.18 Å². The van der Waals surface area contributed by atoms with Crippen LogP contribution in [0.3, 0.4) is 0 Å². The molecule has 92 valence electrons. The van der Waals surface area contributed by atoms with Gasteiger partial charge in [0.05, 0.1) is 0 Å². The molecule has 1 aliphatic rings. The predicted octanol–water partition coefficient (Wildman–Crippen LogP) is 2.88. The van der Waals surface area contributed by atoms with Gasteiger partial charge in [0.2, 0.25) is 0 Å². The number of Topliss-reactive ketones (excluding diaryl/α,β-unsaturated/α-hetero) is 1. The van der Waals surface area contributed by atoms with Gasteiger partial charge in [-0.3, -0.25) is 4.79 Å². The summed E-state index contributed by atoms with van der Waals surface area (Å²) in [5, 5.41) is 0. The van der Waals surface area contributed by atoms with Gasteiger partial charge in [-0.15, -0.1) is 0 Å². The number of rotatable bonds is 4. The van der Waals surface area contributed by atoms with Crippen molar-refractivity contribution in [3.8, 4) is 0 Å². The highest BCUT2D eigenvalue weighted by Crippen LogP contribution is 2.11. The van der Waals surface area contributed by atoms with E-state index in [1.807, 2.05) is 0 Å². The quantitative estimate of drug-likeness (QED) is 0.748. The number of piperidine rings is 1. The van der Waals surface area contributed by atoms with Crippen molar-refractivity contribution in [1.82, 2.24) is 4.90 Å². The molecule has 17 heavy (non-hydrogen) atoms. The van der Waals surface area contributed by atoms with Crippen LogP contribution >= 0.6 is 0 Å². The van der Waals surface area contributed by atoms with E-state index in [-0.39, 0.29) is 11.6 Å². The monoisotopic (exact) mass is 235 g/mol. The van der Waals surface area contributed by atoms with Crippen LogP contribution in [0.5, 0.6) is 0 Å². The fourth-order valence-corrected chi connectivity index (χ4v) is 2.22. The smallest absolute Gasteiger partial charge is 0.164 e. The van der Waals surface area contributed by atoms with Gasteiger partial charge in [0, 0.05) is 18.5 Å². The molecule has 2 nitrogen and oxygen atoms in total. The van der Waals surface area contributed by atoms with Gasteiger partial charge in [-0.2, -0.15) is 0 Å². The average Bonchev–Trinajstić information content (AvgIpc) is 2.38. The van der Waals surface area contributed by atoms with Gasteiger partial charge < -0.3 is 4.90 Å². The third-order valence-electron chi connectivity index (χ3n) is 3.27. The van der Waals surface area contributed by atoms with Crippen LogP contribution in [0, 0.1) is 5.82 Å². The minimum absolute atomic E-state index is 0.107. The summed E-state index contributed by atoms with van der Waals surface area (Å²) in [4.78, 5) is 14.2. The molecule has 1 aromatic rings. The van der Waals surface area contributed by atoms with Crippen LogP contribution in [-0.2, 0) is 0 Å². The maximum Gasteiger partial charge on any atom is 0.164 e. The summed E-state index contributed by atoms with van der Waals surface area (Å²) in [6, 6.07) is 5.81. The molecule has 0 aliphatic carbocycles. The normalized spacial score (nSPS) is 17.0. The van der Waals surface area contributed by atoms with Crippen molar-refractivity contribution >= 4 is 5.78 Å². The molecule has 0 aromatic heterocycles. The molecule has 1 aliphatic heterocycles. The summed E-state index contributed by atoms with van der Waals surface area (Å²) in [6.07, 6.45) is 4.32. The highest BCUT2D eigenvalue weighted by Gasteiger charge is 2.12. The fourth-order valence-electron chi connectivity index (χ4n) is 2.22. The van der Waals surface area contributed by atoms with Gasteiger partial charge in [0.25, 0.3) is 0 Å². The predicted molar refractivity (Wildman–Crippen MR) is 65.6 cm³/mol. The van der Waals surface area contributed by atoms with E-state index in [1.54, 1.807) is 12.1 Å². The Kier molecular flexibility index (Phi) is 4.26. The van der Waals surface area contributed by atoms with Gasteiger partial charge in [-0.1, -0.05) is 6.42 Å². The summed E-state index contributed by atoms with van der Waals surface area (Å²) in [5.74, 6) is -0.187. The van der Waals surface area contributed by atoms with Crippen LogP contribution in [0.2, 0.25) is 0 Å². The second kappa shape index (κ2) is 5.92. The van der Waals surface area contributed by atoms with E-state index in [4.69, 9.17) is 0 Å². The molecule has 0 radical (unpaired) electrons. The molecular weight excluding hydrogens is 217 g/mol. The topological polar surface area (TPSA) is 20.3 Å². The van der Waals surface area contributed by atoms with Gasteiger partial charge in [0.1, 0.15) is 5.82 Å². The summed E-state index contributed by atoms with van der Waals surface area (Å²) in [5.41, 5.74) is 0.614. The third-order valence-corrected chi connectivity index (χ3v) is 3.27. The van der Waals surface area contributed by atoms with Crippen LogP contribution < -0.4 is 0 Å². The molecule has 0 N–H and O–H groups in total. The molecule has 3 heteroatoms. The van der Waals surface area contributed by atoms with Crippen LogP contribution in [0.4, 0.5) is 4.39 Å².